The molecule has 18 heavy (non-hydrogen) atoms. The second-order valence-electron chi connectivity index (χ2n) is 2.80. The first-order valence-corrected chi connectivity index (χ1v) is 5.75. The van der Waals surface area contributed by atoms with Crippen LogP contribution in [0.2, 0.25) is 10.0 Å². The average Bonchev–Trinajstić information content (AvgIpc) is 2.33. The van der Waals surface area contributed by atoms with Gasteiger partial charge in [-0.2, -0.15) is 4.99 Å². The highest BCUT2D eigenvalue weighted by Crippen LogP contribution is 2.36. The van der Waals surface area contributed by atoms with Gasteiger partial charge in [0.15, 0.2) is 0 Å². The number of rotatable bonds is 3. The summed E-state index contributed by atoms with van der Waals surface area (Å²) in [6, 6.07) is 2.30. The maximum Gasteiger partial charge on any atom is 0.272 e. The van der Waals surface area contributed by atoms with E-state index in [1.165, 1.54) is 0 Å². The summed E-state index contributed by atoms with van der Waals surface area (Å²) in [5.74, 6) is 0. The van der Waals surface area contributed by atoms with Crippen LogP contribution in [0.5, 0.6) is 0 Å². The minimum absolute atomic E-state index is 0.0709. The molecule has 1 aromatic carbocycles. The van der Waals surface area contributed by atoms with Crippen molar-refractivity contribution >= 4 is 52.0 Å². The second kappa shape index (κ2) is 8.93. The second-order valence-corrected chi connectivity index (χ2v) is 3.79. The average molecular weight is 309 g/mol. The molecule has 0 atom stereocenters. The van der Waals surface area contributed by atoms with Gasteiger partial charge in [-0.15, -0.1) is 0 Å². The molecule has 0 aliphatic carbocycles. The molecular formula is C9H10Cl2N4O2S. The summed E-state index contributed by atoms with van der Waals surface area (Å²) in [5.41, 5.74) is 9.80. The zero-order valence-electron chi connectivity index (χ0n) is 9.10. The number of hydrogen-bond donors (Lipinski definition) is 2. The van der Waals surface area contributed by atoms with Gasteiger partial charge in [-0.3, -0.25) is 10.1 Å². The van der Waals surface area contributed by atoms with Gasteiger partial charge in [-0.05, 0) is 12.2 Å². The van der Waals surface area contributed by atoms with Gasteiger partial charge in [-0.25, -0.2) is 0 Å². The van der Waals surface area contributed by atoms with Gasteiger partial charge in [0.1, 0.15) is 5.69 Å². The van der Waals surface area contributed by atoms with Crippen LogP contribution in [0.15, 0.2) is 17.1 Å². The highest BCUT2D eigenvalue weighted by Gasteiger charge is 2.13. The fourth-order valence-corrected chi connectivity index (χ4v) is 1.46. The highest BCUT2D eigenvalue weighted by atomic mass is 35.5. The van der Waals surface area contributed by atoms with Crippen molar-refractivity contribution in [2.75, 3.05) is 13.1 Å². The molecule has 0 radical (unpaired) electrons. The smallest absolute Gasteiger partial charge is 0.272 e. The van der Waals surface area contributed by atoms with Crippen molar-refractivity contribution in [3.63, 3.8) is 0 Å². The molecule has 0 saturated heterocycles. The van der Waals surface area contributed by atoms with Crippen molar-refractivity contribution in [1.29, 1.82) is 0 Å². The van der Waals surface area contributed by atoms with Crippen LogP contribution in [0.1, 0.15) is 0 Å². The Morgan fingerprint density at radius 1 is 1.33 bits per heavy atom. The normalized spacial score (nSPS) is 8.89. The molecule has 1 rings (SSSR count). The van der Waals surface area contributed by atoms with Crippen molar-refractivity contribution in [3.8, 4) is 0 Å². The van der Waals surface area contributed by atoms with Crippen molar-refractivity contribution in [3.05, 3.63) is 32.3 Å². The predicted molar refractivity (Wildman–Crippen MR) is 75.9 cm³/mol. The molecule has 1 aromatic rings. The van der Waals surface area contributed by atoms with Crippen LogP contribution < -0.4 is 11.5 Å². The zero-order chi connectivity index (χ0) is 14.1. The topological polar surface area (TPSA) is 108 Å². The van der Waals surface area contributed by atoms with E-state index in [0.29, 0.717) is 13.1 Å². The van der Waals surface area contributed by atoms with Crippen LogP contribution in [0.3, 0.4) is 0 Å². The lowest BCUT2D eigenvalue weighted by molar-refractivity contribution is -0.384. The Labute approximate surface area is 119 Å². The van der Waals surface area contributed by atoms with E-state index in [4.69, 9.17) is 34.7 Å². The molecule has 0 aliphatic heterocycles. The number of benzene rings is 1. The van der Waals surface area contributed by atoms with E-state index in [0.717, 1.165) is 12.1 Å². The van der Waals surface area contributed by atoms with Gasteiger partial charge in [0.05, 0.1) is 20.1 Å². The third kappa shape index (κ3) is 5.50. The number of nitrogens with zero attached hydrogens (tertiary/aromatic N) is 2. The molecule has 0 spiro atoms. The summed E-state index contributed by atoms with van der Waals surface area (Å²) in [7, 11) is 0. The lowest BCUT2D eigenvalue weighted by atomic mass is 10.3. The predicted octanol–water partition coefficient (Wildman–Crippen LogP) is 2.54. The molecule has 4 N–H and O–H groups in total. The number of non-ortho nitro benzene ring substituents is 1. The van der Waals surface area contributed by atoms with E-state index in [1.807, 2.05) is 0 Å². The van der Waals surface area contributed by atoms with Crippen molar-refractivity contribution in [2.45, 2.75) is 0 Å². The Hall–Kier alpha value is -1.08. The molecule has 0 aliphatic rings. The van der Waals surface area contributed by atoms with Crippen molar-refractivity contribution in [1.82, 2.24) is 0 Å². The molecule has 0 heterocycles. The van der Waals surface area contributed by atoms with Gasteiger partial charge in [0.2, 0.25) is 0 Å². The maximum atomic E-state index is 10.4. The third-order valence-corrected chi connectivity index (χ3v) is 2.20. The van der Waals surface area contributed by atoms with Crippen LogP contribution in [0.25, 0.3) is 0 Å². The number of nitro benzene ring substituents is 1. The van der Waals surface area contributed by atoms with E-state index >= 15 is 0 Å². The molecule has 0 unspecified atom stereocenters. The third-order valence-electron chi connectivity index (χ3n) is 1.54. The fourth-order valence-electron chi connectivity index (χ4n) is 0.810. The van der Waals surface area contributed by atoms with Crippen LogP contribution in [-0.4, -0.2) is 23.2 Å². The van der Waals surface area contributed by atoms with Gasteiger partial charge < -0.3 is 11.5 Å². The largest absolute Gasteiger partial charge is 0.329 e. The Kier molecular flexibility index (Phi) is 8.40. The Morgan fingerprint density at radius 3 is 2.06 bits per heavy atom. The summed E-state index contributed by atoms with van der Waals surface area (Å²) in [5, 5.41) is 12.6. The molecule has 0 aromatic heterocycles. The summed E-state index contributed by atoms with van der Waals surface area (Å²) in [6.07, 6.45) is 0. The lowest BCUT2D eigenvalue weighted by Gasteiger charge is -1.99. The minimum atomic E-state index is -0.595. The summed E-state index contributed by atoms with van der Waals surface area (Å²) in [4.78, 5) is 13.4. The molecule has 0 fully saturated rings. The summed E-state index contributed by atoms with van der Waals surface area (Å²) in [6.45, 7) is 1.19. The van der Waals surface area contributed by atoms with Crippen LogP contribution in [-0.2, 0) is 0 Å². The highest BCUT2D eigenvalue weighted by molar-refractivity contribution is 7.78. The molecule has 6 nitrogen and oxygen atoms in total. The standard InChI is InChI=1S/C7H2Cl2N2O2S.C2H8N2/c8-5-1-4(11(12)13)2-6(9)7(5)10-3-14;3-1-2-4/h1-2H;1-4H2. The monoisotopic (exact) mass is 308 g/mol. The summed E-state index contributed by atoms with van der Waals surface area (Å²) >= 11 is 15.7. The van der Waals surface area contributed by atoms with Crippen LogP contribution >= 0.6 is 35.4 Å². The Morgan fingerprint density at radius 2 is 1.78 bits per heavy atom. The summed E-state index contributed by atoms with van der Waals surface area (Å²) < 4.78 is 0. The minimum Gasteiger partial charge on any atom is -0.329 e. The van der Waals surface area contributed by atoms with Crippen LogP contribution in [0, 0.1) is 10.1 Å². The van der Waals surface area contributed by atoms with Gasteiger partial charge >= 0.3 is 0 Å². The molecule has 0 bridgehead atoms. The lowest BCUT2D eigenvalue weighted by Crippen LogP contribution is -2.11. The Balaban J connectivity index is 0.000000631. The van der Waals surface area contributed by atoms with E-state index in [9.17, 15) is 10.1 Å². The van der Waals surface area contributed by atoms with Gasteiger partial charge in [0, 0.05) is 25.2 Å². The number of isothiocyanates is 1. The Bertz CT molecular complexity index is 453. The fraction of sp³-hybridized carbons (Fsp3) is 0.222. The zero-order valence-corrected chi connectivity index (χ0v) is 11.4. The molecule has 0 amide bonds. The number of hydrogen-bond acceptors (Lipinski definition) is 6. The number of nitrogens with two attached hydrogens (primary N) is 2. The maximum absolute atomic E-state index is 10.4. The van der Waals surface area contributed by atoms with E-state index in [-0.39, 0.29) is 21.4 Å². The first-order chi connectivity index (χ1) is 8.47. The molecule has 9 heteroatoms. The van der Waals surface area contributed by atoms with E-state index in [1.54, 1.807) is 0 Å². The first-order valence-electron chi connectivity index (χ1n) is 4.59. The van der Waals surface area contributed by atoms with Crippen LogP contribution in [0.4, 0.5) is 11.4 Å². The molecular weight excluding hydrogens is 299 g/mol. The number of halogens is 2. The SMILES string of the molecule is NCCN.O=[N+]([O-])c1cc(Cl)c(N=C=S)c(Cl)c1. The van der Waals surface area contributed by atoms with Crippen molar-refractivity contribution < 1.29 is 4.92 Å². The number of aliphatic imine (C=N–C) groups is 1. The van der Waals surface area contributed by atoms with E-state index < -0.39 is 4.92 Å². The van der Waals surface area contributed by atoms with Gasteiger partial charge in [0.25, 0.3) is 5.69 Å². The molecule has 98 valence electrons. The first kappa shape index (κ1) is 16.9. The van der Waals surface area contributed by atoms with Crippen molar-refractivity contribution in [2.24, 2.45) is 16.5 Å². The number of nitro groups is 1. The molecule has 0 saturated carbocycles. The van der Waals surface area contributed by atoms with Gasteiger partial charge in [-0.1, -0.05) is 23.2 Å². The number of thiocarbonyl (C=S) groups is 1. The quantitative estimate of drug-likeness (QED) is 0.386. The van der Waals surface area contributed by atoms with E-state index in [2.05, 4.69) is 22.4 Å².